The average molecular weight is 924 g/mol. The highest BCUT2D eigenvalue weighted by atomic mass is 16.8. The molecular formula is C58H114O7. The second-order valence-electron chi connectivity index (χ2n) is 19.0. The van der Waals surface area contributed by atoms with Crippen LogP contribution < -0.4 is 0 Å². The van der Waals surface area contributed by atoms with Gasteiger partial charge >= 0.3 is 0 Å². The van der Waals surface area contributed by atoms with Gasteiger partial charge in [0.25, 0.3) is 0 Å². The summed E-state index contributed by atoms with van der Waals surface area (Å²) < 4.78 is 42.4. The summed E-state index contributed by atoms with van der Waals surface area (Å²) in [4.78, 5) is 0. The van der Waals surface area contributed by atoms with Crippen LogP contribution in [-0.4, -0.2) is 65.8 Å². The standard InChI is InChI=1S/C58H114O7/c1-7-11-15-19-27-35-43-51-61-57(62-52-44-36-28-20-16-12-8-2)49-41-33-25-23-31-39-47-55(59-5)65-56(60-6)48-40-32-24-26-34-42-50-58(63-53-45-37-29-21-17-13-9-3)64-54-46-38-30-22-18-14-10-4/h39-40,47-48,55-58H,7-38,41-46,49-54H2,1-6H3. The van der Waals surface area contributed by atoms with E-state index in [2.05, 4.69) is 39.8 Å². The van der Waals surface area contributed by atoms with Crippen molar-refractivity contribution in [1.82, 2.24) is 0 Å². The number of allylic oxidation sites excluding steroid dienone is 2. The van der Waals surface area contributed by atoms with Crippen molar-refractivity contribution in [3.63, 3.8) is 0 Å². The van der Waals surface area contributed by atoms with Crippen molar-refractivity contribution < 1.29 is 33.2 Å². The molecule has 0 fully saturated rings. The van der Waals surface area contributed by atoms with E-state index in [9.17, 15) is 0 Å². The summed E-state index contributed by atoms with van der Waals surface area (Å²) in [6.07, 6.45) is 57.6. The quantitative estimate of drug-likeness (QED) is 0.0342. The lowest BCUT2D eigenvalue weighted by atomic mass is 10.1. The number of unbranched alkanes of at least 4 members (excludes halogenated alkanes) is 32. The first-order valence-corrected chi connectivity index (χ1v) is 28.7. The van der Waals surface area contributed by atoms with Crippen LogP contribution in [0.1, 0.15) is 285 Å². The molecule has 0 aromatic rings. The fourth-order valence-electron chi connectivity index (χ4n) is 8.28. The molecule has 0 N–H and O–H groups in total. The maximum atomic E-state index is 6.28. The number of methoxy groups -OCH3 is 2. The summed E-state index contributed by atoms with van der Waals surface area (Å²) in [7, 11) is 3.39. The van der Waals surface area contributed by atoms with Gasteiger partial charge in [0.1, 0.15) is 0 Å². The van der Waals surface area contributed by atoms with E-state index >= 15 is 0 Å². The molecule has 0 aliphatic carbocycles. The van der Waals surface area contributed by atoms with Crippen LogP contribution in [0, 0.1) is 0 Å². The fourth-order valence-corrected chi connectivity index (χ4v) is 8.28. The minimum absolute atomic E-state index is 0.0465. The minimum Gasteiger partial charge on any atom is -0.353 e. The molecule has 0 aliphatic heterocycles. The largest absolute Gasteiger partial charge is 0.353 e. The SMILES string of the molecule is CCCCCCCCCOC(CCCCCCC=CC(OC)OC(C=CCCCCCCC(OCCCCCCCCC)OCCCCCCCCC)OC)OCCCCCCCCC. The molecule has 0 aliphatic rings. The molecule has 65 heavy (non-hydrogen) atoms. The van der Waals surface area contributed by atoms with Crippen LogP contribution in [0.3, 0.4) is 0 Å². The molecule has 7 nitrogen and oxygen atoms in total. The highest BCUT2D eigenvalue weighted by molar-refractivity contribution is 4.89. The van der Waals surface area contributed by atoms with Gasteiger partial charge in [-0.3, -0.25) is 0 Å². The Morgan fingerprint density at radius 1 is 0.292 bits per heavy atom. The summed E-state index contributed by atoms with van der Waals surface area (Å²) >= 11 is 0. The first-order chi connectivity index (χ1) is 32.1. The van der Waals surface area contributed by atoms with Crippen molar-refractivity contribution >= 4 is 0 Å². The summed E-state index contributed by atoms with van der Waals surface area (Å²) in [5, 5.41) is 0. The Hall–Kier alpha value is -0.800. The molecule has 0 aromatic carbocycles. The van der Waals surface area contributed by atoms with Crippen molar-refractivity contribution in [3.8, 4) is 0 Å². The van der Waals surface area contributed by atoms with E-state index in [1.165, 1.54) is 180 Å². The first-order valence-electron chi connectivity index (χ1n) is 28.7. The van der Waals surface area contributed by atoms with Gasteiger partial charge in [-0.2, -0.15) is 0 Å². The molecule has 0 rings (SSSR count). The highest BCUT2D eigenvalue weighted by Crippen LogP contribution is 2.17. The van der Waals surface area contributed by atoms with Gasteiger partial charge in [-0.15, -0.1) is 0 Å². The Bertz CT molecular complexity index is 816. The van der Waals surface area contributed by atoms with Crippen molar-refractivity contribution in [3.05, 3.63) is 24.3 Å². The third kappa shape index (κ3) is 49.4. The Balaban J connectivity index is 4.41. The first kappa shape index (κ1) is 64.2. The van der Waals surface area contributed by atoms with Crippen molar-refractivity contribution in [1.29, 1.82) is 0 Å². The third-order valence-corrected chi connectivity index (χ3v) is 12.6. The maximum absolute atomic E-state index is 6.28. The smallest absolute Gasteiger partial charge is 0.179 e. The topological polar surface area (TPSA) is 64.6 Å². The van der Waals surface area contributed by atoms with Crippen LogP contribution in [0.4, 0.5) is 0 Å². The van der Waals surface area contributed by atoms with Gasteiger partial charge < -0.3 is 33.2 Å². The predicted molar refractivity (Wildman–Crippen MR) is 280 cm³/mol. The van der Waals surface area contributed by atoms with E-state index in [4.69, 9.17) is 33.2 Å². The molecule has 7 heteroatoms. The molecule has 0 saturated heterocycles. The number of hydrogen-bond donors (Lipinski definition) is 0. The van der Waals surface area contributed by atoms with Gasteiger partial charge in [-0.25, -0.2) is 0 Å². The van der Waals surface area contributed by atoms with E-state index in [1.807, 2.05) is 12.2 Å². The van der Waals surface area contributed by atoms with Crippen LogP contribution in [0.2, 0.25) is 0 Å². The van der Waals surface area contributed by atoms with Crippen LogP contribution in [0.25, 0.3) is 0 Å². The Labute approximate surface area is 406 Å². The van der Waals surface area contributed by atoms with E-state index in [0.29, 0.717) is 0 Å². The Morgan fingerprint density at radius 3 is 0.815 bits per heavy atom. The monoisotopic (exact) mass is 923 g/mol. The molecule has 0 amide bonds. The second-order valence-corrected chi connectivity index (χ2v) is 19.0. The van der Waals surface area contributed by atoms with Gasteiger partial charge in [0, 0.05) is 40.6 Å². The molecule has 0 spiro atoms. The second kappa shape index (κ2) is 55.8. The molecule has 0 heterocycles. The van der Waals surface area contributed by atoms with Gasteiger partial charge in [0.2, 0.25) is 0 Å². The summed E-state index contributed by atoms with van der Waals surface area (Å²) in [5.74, 6) is 0. The summed E-state index contributed by atoms with van der Waals surface area (Å²) in [6.45, 7) is 12.4. The normalized spacial score (nSPS) is 13.2. The van der Waals surface area contributed by atoms with Crippen molar-refractivity contribution in [2.75, 3.05) is 40.6 Å². The number of hydrogen-bond acceptors (Lipinski definition) is 7. The molecule has 0 aromatic heterocycles. The fraction of sp³-hybridized carbons (Fsp3) is 0.931. The van der Waals surface area contributed by atoms with E-state index in [1.54, 1.807) is 14.2 Å². The van der Waals surface area contributed by atoms with Crippen molar-refractivity contribution in [2.24, 2.45) is 0 Å². The van der Waals surface area contributed by atoms with Gasteiger partial charge in [-0.05, 0) is 89.2 Å². The van der Waals surface area contributed by atoms with Crippen LogP contribution in [-0.2, 0) is 33.2 Å². The molecule has 2 atom stereocenters. The van der Waals surface area contributed by atoms with Gasteiger partial charge in [0.05, 0.1) is 0 Å². The minimum atomic E-state index is -0.429. The van der Waals surface area contributed by atoms with Gasteiger partial charge in [-0.1, -0.05) is 220 Å². The van der Waals surface area contributed by atoms with E-state index in [-0.39, 0.29) is 12.6 Å². The molecule has 2 unspecified atom stereocenters. The highest BCUT2D eigenvalue weighted by Gasteiger charge is 2.12. The third-order valence-electron chi connectivity index (χ3n) is 12.6. The Kier molecular flexibility index (Phi) is 55.1. The zero-order valence-corrected chi connectivity index (χ0v) is 44.6. The average Bonchev–Trinajstić information content (AvgIpc) is 3.32. The number of ether oxygens (including phenoxy) is 7. The van der Waals surface area contributed by atoms with E-state index < -0.39 is 12.6 Å². The molecular weight excluding hydrogens is 809 g/mol. The zero-order chi connectivity index (χ0) is 47.2. The van der Waals surface area contributed by atoms with Gasteiger partial charge in [0.15, 0.2) is 25.2 Å². The van der Waals surface area contributed by atoms with Crippen LogP contribution >= 0.6 is 0 Å². The van der Waals surface area contributed by atoms with Crippen molar-refractivity contribution in [2.45, 2.75) is 310 Å². The molecule has 0 radical (unpaired) electrons. The zero-order valence-electron chi connectivity index (χ0n) is 44.6. The maximum Gasteiger partial charge on any atom is 0.179 e. The Morgan fingerprint density at radius 2 is 0.538 bits per heavy atom. The lowest BCUT2D eigenvalue weighted by Crippen LogP contribution is -2.22. The lowest BCUT2D eigenvalue weighted by molar-refractivity contribution is -0.188. The van der Waals surface area contributed by atoms with E-state index in [0.717, 1.165) is 103 Å². The summed E-state index contributed by atoms with van der Waals surface area (Å²) in [5.41, 5.74) is 0. The number of rotatable bonds is 56. The lowest BCUT2D eigenvalue weighted by Gasteiger charge is -2.19. The summed E-state index contributed by atoms with van der Waals surface area (Å²) in [6, 6.07) is 0. The van der Waals surface area contributed by atoms with Crippen LogP contribution in [0.15, 0.2) is 24.3 Å². The predicted octanol–water partition coefficient (Wildman–Crippen LogP) is 18.5. The molecule has 388 valence electrons. The molecule has 0 saturated carbocycles. The molecule has 0 bridgehead atoms. The van der Waals surface area contributed by atoms with Crippen LogP contribution in [0.5, 0.6) is 0 Å².